The average Bonchev–Trinajstić information content (AvgIpc) is 3.31. The van der Waals surface area contributed by atoms with E-state index in [-0.39, 0.29) is 5.91 Å². The second-order valence-corrected chi connectivity index (χ2v) is 8.46. The summed E-state index contributed by atoms with van der Waals surface area (Å²) in [4.78, 5) is 20.7. The highest BCUT2D eigenvalue weighted by Crippen LogP contribution is 2.27. The average molecular weight is 433 g/mol. The quantitative estimate of drug-likeness (QED) is 0.433. The monoisotopic (exact) mass is 432 g/mol. The lowest BCUT2D eigenvalue weighted by atomic mass is 10.1. The van der Waals surface area contributed by atoms with Gasteiger partial charge in [0.25, 0.3) is 0 Å². The van der Waals surface area contributed by atoms with Crippen molar-refractivity contribution >= 4 is 50.9 Å². The van der Waals surface area contributed by atoms with E-state index in [0.717, 1.165) is 39.2 Å². The summed E-state index contributed by atoms with van der Waals surface area (Å²) in [5.41, 5.74) is 5.27. The van der Waals surface area contributed by atoms with Gasteiger partial charge < -0.3 is 19.9 Å². The highest BCUT2D eigenvalue weighted by Gasteiger charge is 2.17. The molecular weight excluding hydrogens is 412 g/mol. The lowest BCUT2D eigenvalue weighted by molar-refractivity contribution is -0.115. The Kier molecular flexibility index (Phi) is 4.87. The van der Waals surface area contributed by atoms with Crippen molar-refractivity contribution in [3.05, 3.63) is 72.1 Å². The second-order valence-electron chi connectivity index (χ2n) is 7.35. The van der Waals surface area contributed by atoms with Gasteiger partial charge in [-0.05, 0) is 41.5 Å². The summed E-state index contributed by atoms with van der Waals surface area (Å²) in [6.45, 7) is 0.576. The summed E-state index contributed by atoms with van der Waals surface area (Å²) in [6, 6.07) is 15.5. The Labute approximate surface area is 181 Å². The first-order chi connectivity index (χ1) is 15.0. The Balaban J connectivity index is 1.43. The first-order valence-electron chi connectivity index (χ1n) is 9.75. The minimum atomic E-state index is -1.15. The lowest BCUT2D eigenvalue weighted by Gasteiger charge is -2.12. The molecular formula is C22H20N6O2S. The summed E-state index contributed by atoms with van der Waals surface area (Å²) < 4.78 is 16.6. The predicted molar refractivity (Wildman–Crippen MR) is 123 cm³/mol. The van der Waals surface area contributed by atoms with E-state index in [9.17, 15) is 9.00 Å². The predicted octanol–water partition coefficient (Wildman–Crippen LogP) is 3.42. The van der Waals surface area contributed by atoms with Crippen LogP contribution >= 0.6 is 0 Å². The number of aromatic nitrogens is 3. The Morgan fingerprint density at radius 2 is 2.06 bits per heavy atom. The molecule has 0 radical (unpaired) electrons. The number of para-hydroxylation sites is 1. The smallest absolute Gasteiger partial charge is 0.229 e. The number of carbonyl (C=O) groups is 1. The first-order valence-corrected chi connectivity index (χ1v) is 11.3. The molecule has 3 heterocycles. The molecule has 1 unspecified atom stereocenters. The minimum Gasteiger partial charge on any atom is -0.328 e. The molecule has 0 bridgehead atoms. The van der Waals surface area contributed by atoms with Crippen molar-refractivity contribution in [1.82, 2.24) is 14.5 Å². The van der Waals surface area contributed by atoms with Gasteiger partial charge in [-0.15, -0.1) is 0 Å². The van der Waals surface area contributed by atoms with Gasteiger partial charge in [0, 0.05) is 35.4 Å². The molecule has 8 nitrogen and oxygen atoms in total. The van der Waals surface area contributed by atoms with Crippen LogP contribution in [0.5, 0.6) is 0 Å². The SMILES string of the molecule is CS(=O)Nc1ccccc1Cn1ccc2cnc(Nc3ccc4c(c3)CC(=O)N4)nc21. The molecule has 0 spiro atoms. The van der Waals surface area contributed by atoms with E-state index in [4.69, 9.17) is 4.98 Å². The third kappa shape index (κ3) is 3.99. The zero-order valence-corrected chi connectivity index (χ0v) is 17.6. The van der Waals surface area contributed by atoms with Crippen LogP contribution in [0.25, 0.3) is 11.0 Å². The van der Waals surface area contributed by atoms with Gasteiger partial charge >= 0.3 is 0 Å². The van der Waals surface area contributed by atoms with E-state index >= 15 is 0 Å². The number of amides is 1. The fraction of sp³-hybridized carbons (Fsp3) is 0.136. The molecule has 1 aliphatic heterocycles. The number of carbonyl (C=O) groups excluding carboxylic acids is 1. The number of nitrogens with zero attached hydrogens (tertiary/aromatic N) is 3. The fourth-order valence-electron chi connectivity index (χ4n) is 3.69. The van der Waals surface area contributed by atoms with E-state index in [1.165, 1.54) is 0 Å². The van der Waals surface area contributed by atoms with Crippen molar-refractivity contribution in [1.29, 1.82) is 0 Å². The van der Waals surface area contributed by atoms with Crippen molar-refractivity contribution < 1.29 is 9.00 Å². The van der Waals surface area contributed by atoms with Crippen LogP contribution in [0.3, 0.4) is 0 Å². The normalized spacial score (nSPS) is 13.6. The maximum Gasteiger partial charge on any atom is 0.229 e. The van der Waals surface area contributed by atoms with Crippen LogP contribution < -0.4 is 15.4 Å². The zero-order valence-electron chi connectivity index (χ0n) is 16.8. The highest BCUT2D eigenvalue weighted by molar-refractivity contribution is 7.85. The maximum atomic E-state index is 11.6. The van der Waals surface area contributed by atoms with Crippen LogP contribution in [0.2, 0.25) is 0 Å². The molecule has 0 saturated carbocycles. The summed E-state index contributed by atoms with van der Waals surface area (Å²) in [5, 5.41) is 6.99. The molecule has 5 rings (SSSR count). The largest absolute Gasteiger partial charge is 0.328 e. The molecule has 156 valence electrons. The molecule has 9 heteroatoms. The van der Waals surface area contributed by atoms with Crippen LogP contribution in [-0.4, -0.2) is 30.9 Å². The van der Waals surface area contributed by atoms with Crippen LogP contribution in [0.4, 0.5) is 23.0 Å². The van der Waals surface area contributed by atoms with Crippen molar-refractivity contribution in [3.8, 4) is 0 Å². The molecule has 31 heavy (non-hydrogen) atoms. The number of hydrogen-bond acceptors (Lipinski definition) is 5. The summed E-state index contributed by atoms with van der Waals surface area (Å²) >= 11 is 0. The van der Waals surface area contributed by atoms with E-state index < -0.39 is 11.0 Å². The number of benzene rings is 2. The van der Waals surface area contributed by atoms with Gasteiger partial charge in [0.2, 0.25) is 11.9 Å². The highest BCUT2D eigenvalue weighted by atomic mass is 32.2. The summed E-state index contributed by atoms with van der Waals surface area (Å²) in [6.07, 6.45) is 5.74. The van der Waals surface area contributed by atoms with Crippen molar-refractivity contribution in [2.24, 2.45) is 0 Å². The first kappa shape index (κ1) is 19.3. The number of nitrogens with one attached hydrogen (secondary N) is 3. The Bertz CT molecular complexity index is 1330. The third-order valence-corrected chi connectivity index (χ3v) is 5.61. The number of rotatable bonds is 6. The molecule has 3 N–H and O–H groups in total. The number of hydrogen-bond donors (Lipinski definition) is 3. The van der Waals surface area contributed by atoms with Crippen molar-refractivity contribution in [3.63, 3.8) is 0 Å². The molecule has 2 aromatic carbocycles. The van der Waals surface area contributed by atoms with E-state index in [1.54, 1.807) is 12.5 Å². The van der Waals surface area contributed by atoms with E-state index in [1.807, 2.05) is 59.3 Å². The second kappa shape index (κ2) is 7.84. The van der Waals surface area contributed by atoms with Gasteiger partial charge in [0.05, 0.1) is 18.7 Å². The molecule has 1 aliphatic rings. The molecule has 0 aliphatic carbocycles. The third-order valence-electron chi connectivity index (χ3n) is 5.10. The van der Waals surface area contributed by atoms with Crippen LogP contribution in [0.1, 0.15) is 11.1 Å². The molecule has 4 aromatic rings. The maximum absolute atomic E-state index is 11.6. The minimum absolute atomic E-state index is 0.00400. The van der Waals surface area contributed by atoms with Crippen molar-refractivity contribution in [2.75, 3.05) is 21.6 Å². The van der Waals surface area contributed by atoms with Gasteiger partial charge in [0.1, 0.15) is 16.6 Å². The molecule has 1 amide bonds. The summed E-state index contributed by atoms with van der Waals surface area (Å²) in [5.74, 6) is 0.482. The lowest BCUT2D eigenvalue weighted by Crippen LogP contribution is -2.07. The van der Waals surface area contributed by atoms with Crippen molar-refractivity contribution in [2.45, 2.75) is 13.0 Å². The van der Waals surface area contributed by atoms with Gasteiger partial charge in [-0.3, -0.25) is 4.79 Å². The van der Waals surface area contributed by atoms with Crippen LogP contribution in [-0.2, 0) is 28.7 Å². The Hall–Kier alpha value is -3.72. The Morgan fingerprint density at radius 3 is 2.94 bits per heavy atom. The van der Waals surface area contributed by atoms with Gasteiger partial charge in [-0.25, -0.2) is 9.19 Å². The topological polar surface area (TPSA) is 101 Å². The number of fused-ring (bicyclic) bond motifs is 2. The Morgan fingerprint density at radius 1 is 1.19 bits per heavy atom. The van der Waals surface area contributed by atoms with Gasteiger partial charge in [-0.1, -0.05) is 18.2 Å². The number of anilines is 4. The fourth-order valence-corrected chi connectivity index (χ4v) is 4.20. The molecule has 1 atom stereocenters. The van der Waals surface area contributed by atoms with E-state index in [0.29, 0.717) is 18.9 Å². The van der Waals surface area contributed by atoms with Gasteiger partial charge in [0.15, 0.2) is 0 Å². The van der Waals surface area contributed by atoms with E-state index in [2.05, 4.69) is 20.3 Å². The molecule has 2 aromatic heterocycles. The van der Waals surface area contributed by atoms with Crippen LogP contribution in [0, 0.1) is 0 Å². The molecule has 0 saturated heterocycles. The standard InChI is InChI=1S/C22H20N6O2S/c1-31(30)27-19-5-3-2-4-15(19)13-28-9-8-14-12-23-22(26-21(14)28)24-17-6-7-18-16(10-17)11-20(29)25-18/h2-10,12,27H,11,13H2,1H3,(H,25,29)(H,23,24,26). The summed E-state index contributed by atoms with van der Waals surface area (Å²) in [7, 11) is -1.15. The zero-order chi connectivity index (χ0) is 21.4. The van der Waals surface area contributed by atoms with Crippen LogP contribution in [0.15, 0.2) is 60.9 Å². The van der Waals surface area contributed by atoms with Gasteiger partial charge in [-0.2, -0.15) is 4.98 Å². The molecule has 0 fully saturated rings.